The van der Waals surface area contributed by atoms with Crippen LogP contribution in [-0.4, -0.2) is 40.2 Å². The summed E-state index contributed by atoms with van der Waals surface area (Å²) < 4.78 is 1.24. The van der Waals surface area contributed by atoms with Gasteiger partial charge >= 0.3 is 0 Å². The van der Waals surface area contributed by atoms with Crippen molar-refractivity contribution in [1.82, 2.24) is 15.2 Å². The second kappa shape index (κ2) is 8.41. The number of rotatable bonds is 5. The van der Waals surface area contributed by atoms with Crippen LogP contribution in [0.5, 0.6) is 0 Å². The first-order valence-electron chi connectivity index (χ1n) is 10.8. The van der Waals surface area contributed by atoms with Crippen molar-refractivity contribution < 1.29 is 4.79 Å². The van der Waals surface area contributed by atoms with E-state index in [1.165, 1.54) is 15.8 Å². The van der Waals surface area contributed by atoms with Gasteiger partial charge in [-0.1, -0.05) is 54.2 Å². The van der Waals surface area contributed by atoms with Crippen molar-refractivity contribution in [3.05, 3.63) is 70.2 Å². The predicted octanol–water partition coefficient (Wildman–Crippen LogP) is 5.17. The molecule has 3 heterocycles. The zero-order valence-electron chi connectivity index (χ0n) is 17.9. The Balaban J connectivity index is 1.40. The van der Waals surface area contributed by atoms with E-state index in [1.54, 1.807) is 18.3 Å². The number of allylic oxidation sites excluding steroid dienone is 1. The van der Waals surface area contributed by atoms with Crippen molar-refractivity contribution in [3.63, 3.8) is 0 Å². The predicted molar refractivity (Wildman–Crippen MR) is 131 cm³/mol. The van der Waals surface area contributed by atoms with Gasteiger partial charge in [-0.25, -0.2) is 4.98 Å². The number of hydrogen-bond acceptors (Lipinski definition) is 5. The largest absolute Gasteiger partial charge is 0.321 e. The van der Waals surface area contributed by atoms with Crippen LogP contribution in [0.4, 0.5) is 0 Å². The van der Waals surface area contributed by atoms with Crippen molar-refractivity contribution in [2.24, 2.45) is 5.92 Å². The molecule has 2 aliphatic rings. The van der Waals surface area contributed by atoms with Crippen LogP contribution < -0.4 is 5.32 Å². The summed E-state index contributed by atoms with van der Waals surface area (Å²) in [6.07, 6.45) is 2.16. The number of fused-ring (bicyclic) bond motifs is 2. The summed E-state index contributed by atoms with van der Waals surface area (Å²) in [5, 5.41) is 5.20. The minimum Gasteiger partial charge on any atom is -0.321 e. The molecule has 1 saturated heterocycles. The molecule has 1 amide bonds. The van der Waals surface area contributed by atoms with Crippen LogP contribution in [-0.2, 0) is 11.2 Å². The lowest BCUT2D eigenvalue weighted by Crippen LogP contribution is -2.49. The van der Waals surface area contributed by atoms with E-state index in [0.29, 0.717) is 5.92 Å². The number of nitrogens with zero attached hydrogens (tertiary/aromatic N) is 2. The van der Waals surface area contributed by atoms with Crippen LogP contribution in [0.2, 0.25) is 0 Å². The summed E-state index contributed by atoms with van der Waals surface area (Å²) in [6.45, 7) is 7.13. The molecule has 2 unspecified atom stereocenters. The highest BCUT2D eigenvalue weighted by atomic mass is 32.2. The van der Waals surface area contributed by atoms with Gasteiger partial charge in [0.05, 0.1) is 15.2 Å². The topological polar surface area (TPSA) is 45.2 Å². The van der Waals surface area contributed by atoms with Crippen LogP contribution in [0.15, 0.2) is 59.6 Å². The fourth-order valence-corrected chi connectivity index (χ4v) is 7.63. The summed E-state index contributed by atoms with van der Waals surface area (Å²) in [5.74, 6) is 0.386. The normalized spacial score (nSPS) is 23.9. The molecule has 1 aromatic heterocycles. The zero-order chi connectivity index (χ0) is 21.4. The average molecular weight is 450 g/mol. The summed E-state index contributed by atoms with van der Waals surface area (Å²) >= 11 is 3.58. The molecule has 1 fully saturated rings. The number of benzene rings is 2. The maximum absolute atomic E-state index is 12.0. The Hall–Kier alpha value is -2.15. The fraction of sp³-hybridized carbons (Fsp3) is 0.360. The van der Waals surface area contributed by atoms with E-state index in [1.807, 2.05) is 17.8 Å². The third kappa shape index (κ3) is 4.16. The average Bonchev–Trinajstić information content (AvgIpc) is 3.29. The molecule has 4 nitrogen and oxygen atoms in total. The van der Waals surface area contributed by atoms with Crippen molar-refractivity contribution in [1.29, 1.82) is 0 Å². The van der Waals surface area contributed by atoms with Gasteiger partial charge in [-0.05, 0) is 44.0 Å². The molecule has 1 N–H and O–H groups in total. The quantitative estimate of drug-likeness (QED) is 0.584. The minimum atomic E-state index is -0.00992. The van der Waals surface area contributed by atoms with Gasteiger partial charge in [-0.2, -0.15) is 0 Å². The molecular weight excluding hydrogens is 422 g/mol. The highest BCUT2D eigenvalue weighted by Crippen LogP contribution is 2.56. The summed E-state index contributed by atoms with van der Waals surface area (Å²) in [4.78, 5) is 19.5. The van der Waals surface area contributed by atoms with Crippen LogP contribution in [0.3, 0.4) is 0 Å². The molecule has 0 radical (unpaired) electrons. The second-order valence-corrected chi connectivity index (χ2v) is 11.3. The minimum absolute atomic E-state index is 0.00992. The monoisotopic (exact) mass is 449 g/mol. The molecule has 5 rings (SSSR count). The van der Waals surface area contributed by atoms with Crippen LogP contribution >= 0.6 is 23.1 Å². The molecule has 0 spiro atoms. The van der Waals surface area contributed by atoms with E-state index in [-0.39, 0.29) is 10.7 Å². The number of aromatic nitrogens is 1. The summed E-state index contributed by atoms with van der Waals surface area (Å²) in [5.41, 5.74) is 3.67. The van der Waals surface area contributed by atoms with Gasteiger partial charge in [-0.3, -0.25) is 4.79 Å². The Labute approximate surface area is 191 Å². The summed E-state index contributed by atoms with van der Waals surface area (Å²) in [6, 6.07) is 19.0. The van der Waals surface area contributed by atoms with E-state index in [0.717, 1.165) is 48.0 Å². The van der Waals surface area contributed by atoms with Crippen LogP contribution in [0.25, 0.3) is 15.8 Å². The first kappa shape index (κ1) is 20.7. The van der Waals surface area contributed by atoms with E-state index >= 15 is 0 Å². The third-order valence-corrected chi connectivity index (χ3v) is 8.79. The van der Waals surface area contributed by atoms with Crippen LogP contribution in [0.1, 0.15) is 30.8 Å². The number of thioether (sulfide) groups is 1. The number of hydrogen-bond donors (Lipinski definition) is 1. The van der Waals surface area contributed by atoms with Crippen molar-refractivity contribution in [2.75, 3.05) is 19.6 Å². The van der Waals surface area contributed by atoms with Crippen LogP contribution in [0, 0.1) is 5.92 Å². The second-order valence-electron chi connectivity index (χ2n) is 8.68. The Morgan fingerprint density at radius 1 is 1.19 bits per heavy atom. The van der Waals surface area contributed by atoms with Crippen molar-refractivity contribution in [2.45, 2.75) is 31.4 Å². The number of amides is 1. The van der Waals surface area contributed by atoms with Crippen molar-refractivity contribution >= 4 is 44.8 Å². The Morgan fingerprint density at radius 3 is 2.74 bits per heavy atom. The maximum Gasteiger partial charge on any atom is 0.221 e. The third-order valence-electron chi connectivity index (χ3n) is 6.31. The van der Waals surface area contributed by atoms with E-state index in [2.05, 4.69) is 65.7 Å². The van der Waals surface area contributed by atoms with Gasteiger partial charge in [0.1, 0.15) is 5.01 Å². The first-order chi connectivity index (χ1) is 15.0. The van der Waals surface area contributed by atoms with Crippen molar-refractivity contribution in [3.8, 4) is 0 Å². The Kier molecular flexibility index (Phi) is 5.63. The fourth-order valence-electron chi connectivity index (χ4n) is 4.86. The van der Waals surface area contributed by atoms with E-state index in [9.17, 15) is 4.79 Å². The lowest BCUT2D eigenvalue weighted by Gasteiger charge is -2.42. The number of para-hydroxylation sites is 1. The number of carbonyl (C=O) groups excluding carboxylic acids is 1. The molecule has 0 saturated carbocycles. The molecule has 31 heavy (non-hydrogen) atoms. The molecular formula is C25H27N3OS2. The zero-order valence-corrected chi connectivity index (χ0v) is 19.6. The molecule has 0 bridgehead atoms. The SMILES string of the molecule is CC(=O)NC1=C(c2nc3ccccc3s2)C2CCN(CCc3ccccc3)CC2(C)S1. The number of carbonyl (C=O) groups is 1. The molecule has 2 aromatic carbocycles. The molecule has 3 aromatic rings. The number of nitrogens with one attached hydrogen (secondary N) is 1. The maximum atomic E-state index is 12.0. The van der Waals surface area contributed by atoms with Gasteiger partial charge in [0.2, 0.25) is 5.91 Å². The Morgan fingerprint density at radius 2 is 1.97 bits per heavy atom. The lowest BCUT2D eigenvalue weighted by molar-refractivity contribution is -0.118. The van der Waals surface area contributed by atoms with E-state index in [4.69, 9.17) is 4.98 Å². The number of thiazole rings is 1. The molecule has 0 aliphatic carbocycles. The highest BCUT2D eigenvalue weighted by molar-refractivity contribution is 8.05. The lowest BCUT2D eigenvalue weighted by atomic mass is 9.81. The standard InChI is InChI=1S/C25H27N3OS2/c1-17(29)26-24-22(23-27-20-10-6-7-11-21(20)30-23)19-13-15-28(16-25(19,2)31-24)14-12-18-8-4-3-5-9-18/h3-11,19H,12-16H2,1-2H3,(H,26,29). The summed E-state index contributed by atoms with van der Waals surface area (Å²) in [7, 11) is 0. The number of piperidine rings is 1. The number of likely N-dealkylation sites (tertiary alicyclic amines) is 1. The van der Waals surface area contributed by atoms with Gasteiger partial charge in [0.25, 0.3) is 0 Å². The van der Waals surface area contributed by atoms with E-state index < -0.39 is 0 Å². The molecule has 160 valence electrons. The first-order valence-corrected chi connectivity index (χ1v) is 12.5. The van der Waals surface area contributed by atoms with Gasteiger partial charge < -0.3 is 10.2 Å². The highest BCUT2D eigenvalue weighted by Gasteiger charge is 2.49. The molecule has 2 atom stereocenters. The van der Waals surface area contributed by atoms with Gasteiger partial charge in [0.15, 0.2) is 0 Å². The van der Waals surface area contributed by atoms with Gasteiger partial charge in [-0.15, -0.1) is 11.3 Å². The Bertz CT molecular complexity index is 1110. The molecule has 2 aliphatic heterocycles. The molecule has 6 heteroatoms. The smallest absolute Gasteiger partial charge is 0.221 e. The van der Waals surface area contributed by atoms with Gasteiger partial charge in [0, 0.05) is 36.3 Å².